The van der Waals surface area contributed by atoms with Crippen molar-refractivity contribution in [2.24, 2.45) is 0 Å². The molecule has 0 bridgehead atoms. The molecular weight excluding hydrogens is 925 g/mol. The molecule has 3 aromatic heterocycles. The second-order valence-electron chi connectivity index (χ2n) is 19.9. The molecule has 0 aliphatic carbocycles. The van der Waals surface area contributed by atoms with Gasteiger partial charge in [0.25, 0.3) is 0 Å². The minimum atomic E-state index is 1.14. The van der Waals surface area contributed by atoms with Gasteiger partial charge in [-0.25, -0.2) is 0 Å². The molecule has 16 rings (SSSR count). The first kappa shape index (κ1) is 42.0. The number of benzene rings is 13. The summed E-state index contributed by atoms with van der Waals surface area (Å²) in [4.78, 5) is 0. The fourth-order valence-electron chi connectivity index (χ4n) is 12.6. The third-order valence-electron chi connectivity index (χ3n) is 15.9. The SMILES string of the molecule is c1cc(-c2ccc3c4ccccc4c4ccccc4c3c2)cc(-c2ccc(-c3cccc4c3c3ccccc3n4-c3ccc(-c4ccc(-n5c6ccccc6c6ccccc65)cc4)cc3)c3c2sc2ccccc23)c1. The van der Waals surface area contributed by atoms with E-state index in [2.05, 4.69) is 276 Å². The number of fused-ring (bicyclic) bond motifs is 15. The lowest BCUT2D eigenvalue weighted by Gasteiger charge is -2.14. The van der Waals surface area contributed by atoms with Gasteiger partial charge in [0.2, 0.25) is 0 Å². The Labute approximate surface area is 436 Å². The Hall–Kier alpha value is -9.54. The van der Waals surface area contributed by atoms with Crippen LogP contribution >= 0.6 is 11.3 Å². The first-order chi connectivity index (χ1) is 37.2. The van der Waals surface area contributed by atoms with Crippen LogP contribution < -0.4 is 0 Å². The summed E-state index contributed by atoms with van der Waals surface area (Å²) in [6.45, 7) is 0. The monoisotopic (exact) mass is 968 g/mol. The van der Waals surface area contributed by atoms with Crippen molar-refractivity contribution in [1.82, 2.24) is 9.13 Å². The van der Waals surface area contributed by atoms with E-state index in [1.165, 1.54) is 141 Å². The largest absolute Gasteiger partial charge is 0.309 e. The van der Waals surface area contributed by atoms with Gasteiger partial charge in [0.05, 0.1) is 22.1 Å². The summed E-state index contributed by atoms with van der Waals surface area (Å²) in [7, 11) is 0. The van der Waals surface area contributed by atoms with E-state index in [4.69, 9.17) is 0 Å². The summed E-state index contributed by atoms with van der Waals surface area (Å²) in [6, 6.07) is 98.9. The smallest absolute Gasteiger partial charge is 0.0547 e. The van der Waals surface area contributed by atoms with Gasteiger partial charge < -0.3 is 9.13 Å². The lowest BCUT2D eigenvalue weighted by Crippen LogP contribution is -1.95. The van der Waals surface area contributed by atoms with Crippen molar-refractivity contribution in [2.75, 3.05) is 0 Å². The van der Waals surface area contributed by atoms with Gasteiger partial charge in [-0.15, -0.1) is 11.3 Å². The maximum absolute atomic E-state index is 2.45. The van der Waals surface area contributed by atoms with Crippen molar-refractivity contribution < 1.29 is 0 Å². The quantitative estimate of drug-likeness (QED) is 0.147. The Morgan fingerprint density at radius 2 is 0.653 bits per heavy atom. The number of thiophene rings is 1. The van der Waals surface area contributed by atoms with Crippen LogP contribution in [-0.2, 0) is 0 Å². The molecule has 3 heteroatoms. The Kier molecular flexibility index (Phi) is 9.24. The molecule has 13 aromatic carbocycles. The van der Waals surface area contributed by atoms with Gasteiger partial charge in [-0.2, -0.15) is 0 Å². The van der Waals surface area contributed by atoms with Crippen LogP contribution in [0, 0.1) is 0 Å². The van der Waals surface area contributed by atoms with Gasteiger partial charge in [-0.1, -0.05) is 200 Å². The van der Waals surface area contributed by atoms with E-state index >= 15 is 0 Å². The summed E-state index contributed by atoms with van der Waals surface area (Å²) in [5.41, 5.74) is 16.9. The lowest BCUT2D eigenvalue weighted by atomic mass is 9.90. The van der Waals surface area contributed by atoms with Gasteiger partial charge in [0.15, 0.2) is 0 Å². The summed E-state index contributed by atoms with van der Waals surface area (Å²) >= 11 is 1.90. The van der Waals surface area contributed by atoms with Crippen LogP contribution in [-0.4, -0.2) is 9.13 Å². The topological polar surface area (TPSA) is 9.86 Å². The van der Waals surface area contributed by atoms with Crippen molar-refractivity contribution >= 4 is 107 Å². The standard InChI is InChI=1S/C72H44N2S/c1-2-19-55-53(17-1)54-18-3-4-20-56(54)64-44-48(35-40-57(55)64)47-15-13-16-49(43-47)52-41-42-61(71-63-24-8-12-30-69(63)75-72(52)71)60-25-14-29-68-70(60)62-23-7-11-28-67(62)74(68)51-38-33-46(34-39-51)45-31-36-50(37-32-45)73-65-26-9-5-21-58(65)59-22-6-10-27-66(59)73/h1-44H. The Morgan fingerprint density at radius 1 is 0.227 bits per heavy atom. The summed E-state index contributed by atoms with van der Waals surface area (Å²) < 4.78 is 7.43. The van der Waals surface area contributed by atoms with Crippen molar-refractivity contribution in [3.8, 4) is 55.9 Å². The normalized spacial score (nSPS) is 12.0. The van der Waals surface area contributed by atoms with E-state index in [1.807, 2.05) is 11.3 Å². The van der Waals surface area contributed by atoms with E-state index < -0.39 is 0 Å². The third kappa shape index (κ3) is 6.38. The molecule has 348 valence electrons. The van der Waals surface area contributed by atoms with Gasteiger partial charge in [0, 0.05) is 53.1 Å². The van der Waals surface area contributed by atoms with Gasteiger partial charge in [-0.3, -0.25) is 0 Å². The van der Waals surface area contributed by atoms with E-state index in [-0.39, 0.29) is 0 Å². The van der Waals surface area contributed by atoms with Crippen LogP contribution in [0.5, 0.6) is 0 Å². The van der Waals surface area contributed by atoms with Gasteiger partial charge in [-0.05, 0) is 144 Å². The maximum atomic E-state index is 2.45. The lowest BCUT2D eigenvalue weighted by molar-refractivity contribution is 1.18. The van der Waals surface area contributed by atoms with Crippen molar-refractivity contribution in [3.05, 3.63) is 267 Å². The van der Waals surface area contributed by atoms with E-state index in [9.17, 15) is 0 Å². The molecule has 0 N–H and O–H groups in total. The van der Waals surface area contributed by atoms with Crippen LogP contribution in [0.3, 0.4) is 0 Å². The van der Waals surface area contributed by atoms with Gasteiger partial charge >= 0.3 is 0 Å². The molecule has 0 amide bonds. The van der Waals surface area contributed by atoms with Crippen LogP contribution in [0.2, 0.25) is 0 Å². The zero-order valence-corrected chi connectivity index (χ0v) is 41.5. The number of para-hydroxylation sites is 3. The Balaban J connectivity index is 0.797. The predicted octanol–water partition coefficient (Wildman–Crippen LogP) is 20.4. The predicted molar refractivity (Wildman–Crippen MR) is 322 cm³/mol. The summed E-state index contributed by atoms with van der Waals surface area (Å²) in [5, 5.41) is 15.4. The van der Waals surface area contributed by atoms with Crippen molar-refractivity contribution in [2.45, 2.75) is 0 Å². The molecule has 0 atom stereocenters. The van der Waals surface area contributed by atoms with E-state index in [1.54, 1.807) is 0 Å². The van der Waals surface area contributed by atoms with Crippen LogP contribution in [0.15, 0.2) is 267 Å². The minimum absolute atomic E-state index is 1.14. The molecule has 0 unspecified atom stereocenters. The highest BCUT2D eigenvalue weighted by Crippen LogP contribution is 2.48. The molecule has 16 aromatic rings. The molecule has 0 radical (unpaired) electrons. The number of aromatic nitrogens is 2. The highest BCUT2D eigenvalue weighted by atomic mass is 32.1. The number of hydrogen-bond acceptors (Lipinski definition) is 1. The average Bonchev–Trinajstić information content (AvgIpc) is 4.20. The second kappa shape index (κ2) is 16.5. The number of nitrogens with zero attached hydrogens (tertiary/aromatic N) is 2. The summed E-state index contributed by atoms with van der Waals surface area (Å²) in [6.07, 6.45) is 0. The van der Waals surface area contributed by atoms with Crippen LogP contribution in [0.4, 0.5) is 0 Å². The van der Waals surface area contributed by atoms with Gasteiger partial charge in [0.1, 0.15) is 0 Å². The summed E-state index contributed by atoms with van der Waals surface area (Å²) in [5.74, 6) is 0. The fourth-order valence-corrected chi connectivity index (χ4v) is 13.8. The molecule has 0 fully saturated rings. The molecule has 0 saturated heterocycles. The van der Waals surface area contributed by atoms with Crippen LogP contribution in [0.25, 0.3) is 152 Å². The second-order valence-corrected chi connectivity index (χ2v) is 21.0. The molecule has 0 aliphatic heterocycles. The molecule has 0 saturated carbocycles. The minimum Gasteiger partial charge on any atom is -0.309 e. The highest BCUT2D eigenvalue weighted by Gasteiger charge is 2.22. The first-order valence-electron chi connectivity index (χ1n) is 25.8. The Bertz CT molecular complexity index is 4900. The molecular formula is C72H44N2S. The number of rotatable bonds is 6. The van der Waals surface area contributed by atoms with E-state index in [0.717, 1.165) is 11.4 Å². The fraction of sp³-hybridized carbons (Fsp3) is 0. The highest BCUT2D eigenvalue weighted by molar-refractivity contribution is 7.26. The molecule has 0 aliphatic rings. The maximum Gasteiger partial charge on any atom is 0.0547 e. The van der Waals surface area contributed by atoms with Crippen LogP contribution in [0.1, 0.15) is 0 Å². The van der Waals surface area contributed by atoms with Crippen molar-refractivity contribution in [1.29, 1.82) is 0 Å². The first-order valence-corrected chi connectivity index (χ1v) is 26.6. The molecule has 0 spiro atoms. The Morgan fingerprint density at radius 3 is 1.29 bits per heavy atom. The van der Waals surface area contributed by atoms with Crippen molar-refractivity contribution in [3.63, 3.8) is 0 Å². The number of hydrogen-bond donors (Lipinski definition) is 0. The molecule has 75 heavy (non-hydrogen) atoms. The molecule has 2 nitrogen and oxygen atoms in total. The average molecular weight is 969 g/mol. The zero-order chi connectivity index (χ0) is 49.1. The third-order valence-corrected chi connectivity index (χ3v) is 17.1. The zero-order valence-electron chi connectivity index (χ0n) is 40.7. The van der Waals surface area contributed by atoms with E-state index in [0.29, 0.717) is 0 Å². The molecule has 3 heterocycles.